The molecule has 80 valence electrons. The third-order valence-electron chi connectivity index (χ3n) is 1.73. The Bertz CT molecular complexity index is 426. The molecule has 0 radical (unpaired) electrons. The number of sulfonamides is 1. The summed E-state index contributed by atoms with van der Waals surface area (Å²) in [6.07, 6.45) is 0. The molecule has 0 saturated heterocycles. The number of hydrogen-bond acceptors (Lipinski definition) is 3. The standard InChI is InChI=1S/C6H9F2N3O2S/c1-3-4(2)9-10-5(3)11-14(12,13)6(7)8/h6H,1-2H3,(H2,9,10,11). The van der Waals surface area contributed by atoms with Crippen molar-refractivity contribution < 1.29 is 17.2 Å². The predicted octanol–water partition coefficient (Wildman–Crippen LogP) is 0.991. The largest absolute Gasteiger partial charge is 0.355 e. The van der Waals surface area contributed by atoms with Crippen LogP contribution < -0.4 is 4.72 Å². The zero-order valence-electron chi connectivity index (χ0n) is 7.51. The Balaban J connectivity index is 2.96. The van der Waals surface area contributed by atoms with E-state index in [2.05, 4.69) is 10.2 Å². The van der Waals surface area contributed by atoms with Crippen molar-refractivity contribution >= 4 is 15.8 Å². The van der Waals surface area contributed by atoms with Crippen LogP contribution in [0, 0.1) is 13.8 Å². The summed E-state index contributed by atoms with van der Waals surface area (Å²) >= 11 is 0. The summed E-state index contributed by atoms with van der Waals surface area (Å²) in [4.78, 5) is 0. The van der Waals surface area contributed by atoms with E-state index in [0.29, 0.717) is 11.3 Å². The summed E-state index contributed by atoms with van der Waals surface area (Å²) in [6, 6.07) is 0. The lowest BCUT2D eigenvalue weighted by Gasteiger charge is -2.04. The molecule has 0 aromatic carbocycles. The van der Waals surface area contributed by atoms with Crippen LogP contribution in [0.15, 0.2) is 0 Å². The number of aromatic nitrogens is 2. The summed E-state index contributed by atoms with van der Waals surface area (Å²) in [7, 11) is -4.63. The number of hydrogen-bond donors (Lipinski definition) is 2. The fourth-order valence-electron chi connectivity index (χ4n) is 0.764. The first-order chi connectivity index (χ1) is 6.34. The highest BCUT2D eigenvalue weighted by Crippen LogP contribution is 2.17. The molecule has 0 spiro atoms. The van der Waals surface area contributed by atoms with Crippen LogP contribution in [-0.4, -0.2) is 24.4 Å². The molecule has 0 aliphatic rings. The zero-order valence-corrected chi connectivity index (χ0v) is 8.32. The van der Waals surface area contributed by atoms with E-state index in [0.717, 1.165) is 0 Å². The minimum absolute atomic E-state index is 0.0946. The summed E-state index contributed by atoms with van der Waals surface area (Å²) < 4.78 is 47.1. The number of anilines is 1. The van der Waals surface area contributed by atoms with Crippen LogP contribution in [0.25, 0.3) is 0 Å². The molecule has 0 bridgehead atoms. The summed E-state index contributed by atoms with van der Waals surface area (Å²) in [5, 5.41) is 6.01. The van der Waals surface area contributed by atoms with Crippen LogP contribution in [0.4, 0.5) is 14.6 Å². The molecule has 5 nitrogen and oxygen atoms in total. The number of aryl methyl sites for hydroxylation is 1. The first-order valence-corrected chi connectivity index (χ1v) is 5.20. The molecule has 0 aliphatic heterocycles. The van der Waals surface area contributed by atoms with Crippen molar-refractivity contribution in [3.63, 3.8) is 0 Å². The second kappa shape index (κ2) is 3.52. The molecule has 0 amide bonds. The fourth-order valence-corrected chi connectivity index (χ4v) is 1.32. The third-order valence-corrected chi connectivity index (χ3v) is 2.67. The van der Waals surface area contributed by atoms with E-state index in [1.165, 1.54) is 0 Å². The van der Waals surface area contributed by atoms with Gasteiger partial charge in [-0.25, -0.2) is 8.42 Å². The molecule has 1 rings (SSSR count). The van der Waals surface area contributed by atoms with Gasteiger partial charge in [0.1, 0.15) is 0 Å². The van der Waals surface area contributed by atoms with Gasteiger partial charge < -0.3 is 0 Å². The SMILES string of the molecule is Cc1[nH]nc(NS(=O)(=O)C(F)F)c1C. The van der Waals surface area contributed by atoms with Crippen molar-refractivity contribution in [1.29, 1.82) is 0 Å². The lowest BCUT2D eigenvalue weighted by molar-refractivity contribution is 0.236. The van der Waals surface area contributed by atoms with Crippen molar-refractivity contribution in [1.82, 2.24) is 10.2 Å². The van der Waals surface area contributed by atoms with Gasteiger partial charge in [0.25, 0.3) is 10.0 Å². The molecule has 1 aromatic rings. The molecule has 1 heterocycles. The molecule has 2 N–H and O–H groups in total. The molecule has 0 aliphatic carbocycles. The van der Waals surface area contributed by atoms with E-state index in [1.807, 2.05) is 0 Å². The van der Waals surface area contributed by atoms with Gasteiger partial charge in [-0.1, -0.05) is 0 Å². The predicted molar refractivity (Wildman–Crippen MR) is 46.6 cm³/mol. The number of nitrogens with zero attached hydrogens (tertiary/aromatic N) is 1. The normalized spacial score (nSPS) is 12.1. The monoisotopic (exact) mass is 225 g/mol. The number of halogens is 2. The van der Waals surface area contributed by atoms with Crippen molar-refractivity contribution in [3.05, 3.63) is 11.3 Å². The summed E-state index contributed by atoms with van der Waals surface area (Å²) in [6.45, 7) is 3.23. The molecule has 1 aromatic heterocycles. The average Bonchev–Trinajstić information content (AvgIpc) is 2.35. The van der Waals surface area contributed by atoms with Gasteiger partial charge in [-0.3, -0.25) is 9.82 Å². The minimum Gasteiger partial charge on any atom is -0.280 e. The zero-order chi connectivity index (χ0) is 10.9. The van der Waals surface area contributed by atoms with E-state index >= 15 is 0 Å². The fraction of sp³-hybridized carbons (Fsp3) is 0.500. The highest BCUT2D eigenvalue weighted by atomic mass is 32.2. The van der Waals surface area contributed by atoms with E-state index < -0.39 is 15.8 Å². The van der Waals surface area contributed by atoms with E-state index in [4.69, 9.17) is 0 Å². The Hall–Kier alpha value is -1.18. The molecule has 8 heteroatoms. The maximum Gasteiger partial charge on any atom is 0.355 e. The van der Waals surface area contributed by atoms with E-state index in [1.54, 1.807) is 18.6 Å². The van der Waals surface area contributed by atoms with Gasteiger partial charge >= 0.3 is 5.76 Å². The van der Waals surface area contributed by atoms with Crippen LogP contribution in [0.1, 0.15) is 11.3 Å². The van der Waals surface area contributed by atoms with Crippen LogP contribution >= 0.6 is 0 Å². The van der Waals surface area contributed by atoms with Gasteiger partial charge in [-0.05, 0) is 13.8 Å². The maximum absolute atomic E-state index is 11.9. The third kappa shape index (κ3) is 2.00. The van der Waals surface area contributed by atoms with Gasteiger partial charge in [0, 0.05) is 11.3 Å². The van der Waals surface area contributed by atoms with Gasteiger partial charge in [-0.15, -0.1) is 0 Å². The first kappa shape index (κ1) is 10.9. The van der Waals surface area contributed by atoms with Gasteiger partial charge in [0.05, 0.1) is 0 Å². The Morgan fingerprint density at radius 1 is 1.43 bits per heavy atom. The van der Waals surface area contributed by atoms with Crippen LogP contribution in [0.3, 0.4) is 0 Å². The number of H-pyrrole nitrogens is 1. The van der Waals surface area contributed by atoms with Gasteiger partial charge in [-0.2, -0.15) is 13.9 Å². The number of rotatable bonds is 3. The highest BCUT2D eigenvalue weighted by molar-refractivity contribution is 7.92. The Morgan fingerprint density at radius 2 is 2.00 bits per heavy atom. The molecular formula is C6H9F2N3O2S. The van der Waals surface area contributed by atoms with Crippen molar-refractivity contribution in [2.24, 2.45) is 0 Å². The Labute approximate surface area is 79.6 Å². The average molecular weight is 225 g/mol. The first-order valence-electron chi connectivity index (χ1n) is 3.66. The molecule has 0 saturated carbocycles. The molecule has 0 fully saturated rings. The Kier molecular flexibility index (Phi) is 2.74. The highest BCUT2D eigenvalue weighted by Gasteiger charge is 2.25. The summed E-state index contributed by atoms with van der Waals surface area (Å²) in [5.74, 6) is -3.55. The molecular weight excluding hydrogens is 216 g/mol. The quantitative estimate of drug-likeness (QED) is 0.805. The van der Waals surface area contributed by atoms with Crippen molar-refractivity contribution in [3.8, 4) is 0 Å². The minimum atomic E-state index is -4.63. The topological polar surface area (TPSA) is 74.8 Å². The molecule has 0 unspecified atom stereocenters. The number of nitrogens with one attached hydrogen (secondary N) is 2. The van der Waals surface area contributed by atoms with Crippen molar-refractivity contribution in [2.45, 2.75) is 19.6 Å². The number of aromatic amines is 1. The van der Waals surface area contributed by atoms with E-state index in [-0.39, 0.29) is 5.82 Å². The van der Waals surface area contributed by atoms with Crippen molar-refractivity contribution in [2.75, 3.05) is 4.72 Å². The smallest absolute Gasteiger partial charge is 0.280 e. The molecule has 0 atom stereocenters. The van der Waals surface area contributed by atoms with Gasteiger partial charge in [0.2, 0.25) is 0 Å². The second-order valence-electron chi connectivity index (χ2n) is 2.73. The number of alkyl halides is 2. The second-order valence-corrected chi connectivity index (χ2v) is 4.38. The Morgan fingerprint density at radius 3 is 2.36 bits per heavy atom. The van der Waals surface area contributed by atoms with E-state index in [9.17, 15) is 17.2 Å². The maximum atomic E-state index is 11.9. The van der Waals surface area contributed by atoms with Crippen LogP contribution in [0.2, 0.25) is 0 Å². The summed E-state index contributed by atoms with van der Waals surface area (Å²) in [5.41, 5.74) is 1.12. The molecule has 14 heavy (non-hydrogen) atoms. The van der Waals surface area contributed by atoms with Crippen LogP contribution in [-0.2, 0) is 10.0 Å². The van der Waals surface area contributed by atoms with Crippen LogP contribution in [0.5, 0.6) is 0 Å². The lowest BCUT2D eigenvalue weighted by Crippen LogP contribution is -2.21. The van der Waals surface area contributed by atoms with Gasteiger partial charge in [0.15, 0.2) is 5.82 Å². The lowest BCUT2D eigenvalue weighted by atomic mass is 10.3.